The van der Waals surface area contributed by atoms with Gasteiger partial charge in [0.2, 0.25) is 0 Å². The highest BCUT2D eigenvalue weighted by Gasteiger charge is 2.56. The molecule has 2 aliphatic rings. The molecule has 0 aromatic rings. The van der Waals surface area contributed by atoms with Crippen molar-refractivity contribution in [2.75, 3.05) is 13.1 Å². The summed E-state index contributed by atoms with van der Waals surface area (Å²) in [5, 5.41) is 11.0. The molecule has 146 valence electrons. The lowest BCUT2D eigenvalue weighted by molar-refractivity contribution is -0.211. The van der Waals surface area contributed by atoms with Crippen LogP contribution in [0.4, 0.5) is 18.0 Å². The number of hydrogen-bond acceptors (Lipinski definition) is 4. The maximum Gasteiger partial charge on any atom is 0.410 e. The van der Waals surface area contributed by atoms with Crippen LogP contribution in [-0.2, 0) is 4.74 Å². The van der Waals surface area contributed by atoms with Crippen LogP contribution in [0.25, 0.3) is 0 Å². The highest BCUT2D eigenvalue weighted by Crippen LogP contribution is 2.47. The van der Waals surface area contributed by atoms with Gasteiger partial charge in [-0.2, -0.15) is 13.2 Å². The number of likely N-dealkylation sites (tertiary alicyclic amines) is 1. The summed E-state index contributed by atoms with van der Waals surface area (Å²) in [7, 11) is 0. The number of nitrogens with two attached hydrogens (primary N) is 1. The topological polar surface area (TPSA) is 75.8 Å². The maximum atomic E-state index is 13.1. The Morgan fingerprint density at radius 3 is 2.44 bits per heavy atom. The van der Waals surface area contributed by atoms with Gasteiger partial charge >= 0.3 is 12.3 Å². The molecular formula is C17H29F3N2O3. The van der Waals surface area contributed by atoms with E-state index in [-0.39, 0.29) is 25.8 Å². The Morgan fingerprint density at radius 2 is 1.88 bits per heavy atom. The van der Waals surface area contributed by atoms with Crippen molar-refractivity contribution < 1.29 is 27.8 Å². The normalized spacial score (nSPS) is 34.7. The molecule has 2 rings (SSSR count). The highest BCUT2D eigenvalue weighted by molar-refractivity contribution is 5.68. The van der Waals surface area contributed by atoms with Crippen LogP contribution in [0.3, 0.4) is 0 Å². The van der Waals surface area contributed by atoms with Gasteiger partial charge in [0.05, 0.1) is 17.1 Å². The zero-order valence-electron chi connectivity index (χ0n) is 15.2. The SMILES string of the molecule is CC(C)(C)OC(=O)N1CCCC(N)(C2(O)CCCC(C(F)(F)F)C2)C1. The van der Waals surface area contributed by atoms with Gasteiger partial charge in [-0.05, 0) is 59.3 Å². The summed E-state index contributed by atoms with van der Waals surface area (Å²) in [6.07, 6.45) is -3.89. The summed E-state index contributed by atoms with van der Waals surface area (Å²) >= 11 is 0. The number of halogens is 3. The van der Waals surface area contributed by atoms with E-state index in [9.17, 15) is 23.1 Å². The fourth-order valence-electron chi connectivity index (χ4n) is 3.93. The molecule has 8 heteroatoms. The Bertz CT molecular complexity index is 506. The fraction of sp³-hybridized carbons (Fsp3) is 0.941. The first-order valence-corrected chi connectivity index (χ1v) is 8.82. The van der Waals surface area contributed by atoms with E-state index in [2.05, 4.69) is 0 Å². The number of hydrogen-bond donors (Lipinski definition) is 2. The molecule has 3 atom stereocenters. The summed E-state index contributed by atoms with van der Waals surface area (Å²) in [5.41, 5.74) is 2.84. The van der Waals surface area contributed by atoms with Crippen molar-refractivity contribution in [3.8, 4) is 0 Å². The molecule has 1 aliphatic heterocycles. The summed E-state index contributed by atoms with van der Waals surface area (Å²) in [5.74, 6) is -1.55. The average molecular weight is 366 g/mol. The molecule has 1 aliphatic carbocycles. The van der Waals surface area contributed by atoms with Gasteiger partial charge in [-0.3, -0.25) is 0 Å². The number of rotatable bonds is 1. The van der Waals surface area contributed by atoms with Crippen LogP contribution in [-0.4, -0.2) is 52.1 Å². The molecule has 1 heterocycles. The van der Waals surface area contributed by atoms with Crippen molar-refractivity contribution in [3.05, 3.63) is 0 Å². The molecule has 3 unspecified atom stereocenters. The van der Waals surface area contributed by atoms with Gasteiger partial charge in [-0.25, -0.2) is 4.79 Å². The molecule has 1 saturated heterocycles. The van der Waals surface area contributed by atoms with Gasteiger partial charge in [0.25, 0.3) is 0 Å². The van der Waals surface area contributed by atoms with Crippen LogP contribution in [0.2, 0.25) is 0 Å². The Balaban J connectivity index is 2.14. The monoisotopic (exact) mass is 366 g/mol. The van der Waals surface area contributed by atoms with Crippen molar-refractivity contribution in [1.82, 2.24) is 4.90 Å². The minimum atomic E-state index is -4.34. The third-order valence-electron chi connectivity index (χ3n) is 5.29. The third-order valence-corrected chi connectivity index (χ3v) is 5.29. The van der Waals surface area contributed by atoms with E-state index in [0.29, 0.717) is 19.4 Å². The van der Waals surface area contributed by atoms with Crippen LogP contribution >= 0.6 is 0 Å². The second-order valence-corrected chi connectivity index (χ2v) is 8.53. The lowest BCUT2D eigenvalue weighted by Gasteiger charge is -2.52. The average Bonchev–Trinajstić information content (AvgIpc) is 2.44. The predicted octanol–water partition coefficient (Wildman–Crippen LogP) is 3.20. The van der Waals surface area contributed by atoms with Gasteiger partial charge in [-0.15, -0.1) is 0 Å². The zero-order chi connectivity index (χ0) is 19.1. The van der Waals surface area contributed by atoms with Gasteiger partial charge in [0.1, 0.15) is 5.60 Å². The maximum absolute atomic E-state index is 13.1. The van der Waals surface area contributed by atoms with Crippen molar-refractivity contribution >= 4 is 6.09 Å². The van der Waals surface area contributed by atoms with E-state index in [0.717, 1.165) is 0 Å². The van der Waals surface area contributed by atoms with Crippen LogP contribution in [0.15, 0.2) is 0 Å². The predicted molar refractivity (Wildman–Crippen MR) is 86.9 cm³/mol. The second-order valence-electron chi connectivity index (χ2n) is 8.53. The largest absolute Gasteiger partial charge is 0.444 e. The third kappa shape index (κ3) is 4.58. The van der Waals surface area contributed by atoms with E-state index in [1.165, 1.54) is 4.90 Å². The Morgan fingerprint density at radius 1 is 1.24 bits per heavy atom. The first kappa shape index (κ1) is 20.3. The van der Waals surface area contributed by atoms with Crippen LogP contribution < -0.4 is 5.73 Å². The van der Waals surface area contributed by atoms with Gasteiger partial charge in [0, 0.05) is 13.1 Å². The molecule has 3 N–H and O–H groups in total. The molecule has 0 aromatic carbocycles. The molecule has 1 amide bonds. The van der Waals surface area contributed by atoms with Gasteiger partial charge in [0.15, 0.2) is 0 Å². The van der Waals surface area contributed by atoms with E-state index >= 15 is 0 Å². The fourth-order valence-corrected chi connectivity index (χ4v) is 3.93. The van der Waals surface area contributed by atoms with Crippen molar-refractivity contribution in [2.24, 2.45) is 11.7 Å². The van der Waals surface area contributed by atoms with Crippen LogP contribution in [0.5, 0.6) is 0 Å². The second kappa shape index (κ2) is 6.61. The number of amides is 1. The number of alkyl halides is 3. The number of aliphatic hydroxyl groups is 1. The van der Waals surface area contributed by atoms with Crippen molar-refractivity contribution in [2.45, 2.75) is 82.2 Å². The minimum Gasteiger partial charge on any atom is -0.444 e. The Labute approximate surface area is 146 Å². The van der Waals surface area contributed by atoms with Crippen molar-refractivity contribution in [3.63, 3.8) is 0 Å². The lowest BCUT2D eigenvalue weighted by atomic mass is 9.65. The van der Waals surface area contributed by atoms with Gasteiger partial charge in [-0.1, -0.05) is 0 Å². The summed E-state index contributed by atoms with van der Waals surface area (Å²) in [4.78, 5) is 13.7. The molecule has 25 heavy (non-hydrogen) atoms. The summed E-state index contributed by atoms with van der Waals surface area (Å²) in [6.45, 7) is 5.66. The molecule has 0 aromatic heterocycles. The molecule has 1 saturated carbocycles. The smallest absolute Gasteiger partial charge is 0.410 e. The molecule has 0 spiro atoms. The Hall–Kier alpha value is -1.02. The molecular weight excluding hydrogens is 337 g/mol. The zero-order valence-corrected chi connectivity index (χ0v) is 15.2. The number of ether oxygens (including phenoxy) is 1. The van der Waals surface area contributed by atoms with E-state index in [4.69, 9.17) is 10.5 Å². The number of nitrogens with zero attached hydrogens (tertiary/aromatic N) is 1. The first-order chi connectivity index (χ1) is 11.3. The summed E-state index contributed by atoms with van der Waals surface area (Å²) < 4.78 is 44.7. The standard InChI is InChI=1S/C17H29F3N2O3/c1-14(2,3)25-13(23)22-9-5-7-15(21,11-22)16(24)8-4-6-12(10-16)17(18,19)20/h12,24H,4-11,21H2,1-3H3. The van der Waals surface area contributed by atoms with Crippen LogP contribution in [0.1, 0.15) is 59.3 Å². The van der Waals surface area contributed by atoms with Gasteiger partial charge < -0.3 is 20.5 Å². The first-order valence-electron chi connectivity index (χ1n) is 8.82. The van der Waals surface area contributed by atoms with Crippen molar-refractivity contribution in [1.29, 1.82) is 0 Å². The van der Waals surface area contributed by atoms with E-state index in [1.807, 2.05) is 0 Å². The minimum absolute atomic E-state index is 0.00297. The molecule has 2 fully saturated rings. The molecule has 0 bridgehead atoms. The molecule has 5 nitrogen and oxygen atoms in total. The number of carbonyl (C=O) groups is 1. The number of piperidine rings is 1. The van der Waals surface area contributed by atoms with E-state index < -0.39 is 41.3 Å². The van der Waals surface area contributed by atoms with E-state index in [1.54, 1.807) is 20.8 Å². The highest BCUT2D eigenvalue weighted by atomic mass is 19.4. The summed E-state index contributed by atoms with van der Waals surface area (Å²) in [6, 6.07) is 0. The quantitative estimate of drug-likeness (QED) is 0.747. The van der Waals surface area contributed by atoms with Crippen LogP contribution in [0, 0.1) is 5.92 Å². The Kier molecular flexibility index (Phi) is 5.37. The molecule has 0 radical (unpaired) electrons. The lowest BCUT2D eigenvalue weighted by Crippen LogP contribution is -2.70. The number of carbonyl (C=O) groups excluding carboxylic acids is 1.